The van der Waals surface area contributed by atoms with Crippen molar-refractivity contribution in [2.24, 2.45) is 5.92 Å². The van der Waals surface area contributed by atoms with E-state index in [1.807, 2.05) is 32.0 Å². The number of rotatable bonds is 4. The molecule has 0 radical (unpaired) electrons. The molecule has 0 spiro atoms. The van der Waals surface area contributed by atoms with Crippen molar-refractivity contribution in [2.75, 3.05) is 25.0 Å². The van der Waals surface area contributed by atoms with Gasteiger partial charge in [0.15, 0.2) is 0 Å². The van der Waals surface area contributed by atoms with Crippen LogP contribution in [0.1, 0.15) is 36.2 Å². The normalized spacial score (nSPS) is 14.7. The third-order valence-corrected chi connectivity index (χ3v) is 3.67. The summed E-state index contributed by atoms with van der Waals surface area (Å²) in [4.78, 5) is 14.3. The number of hydrogen-bond donors (Lipinski definition) is 1. The Morgan fingerprint density at radius 2 is 2.35 bits per heavy atom. The molecule has 1 aromatic carbocycles. The Morgan fingerprint density at radius 3 is 3.05 bits per heavy atom. The van der Waals surface area contributed by atoms with Crippen LogP contribution >= 0.6 is 0 Å². The van der Waals surface area contributed by atoms with E-state index in [4.69, 9.17) is 5.26 Å². The summed E-state index contributed by atoms with van der Waals surface area (Å²) in [6, 6.07) is 8.04. The summed E-state index contributed by atoms with van der Waals surface area (Å²) in [5.41, 5.74) is 3.08. The van der Waals surface area contributed by atoms with Gasteiger partial charge in [-0.05, 0) is 50.5 Å². The van der Waals surface area contributed by atoms with Crippen LogP contribution in [0.15, 0.2) is 18.2 Å². The molecule has 0 aromatic heterocycles. The molecule has 1 aliphatic rings. The number of nitriles is 1. The topological polar surface area (TPSA) is 56.1 Å². The largest absolute Gasteiger partial charge is 0.385 e. The number of benzene rings is 1. The van der Waals surface area contributed by atoms with E-state index in [1.54, 1.807) is 4.90 Å². The highest BCUT2D eigenvalue weighted by Gasteiger charge is 2.18. The molecule has 1 heterocycles. The summed E-state index contributed by atoms with van der Waals surface area (Å²) < 4.78 is 0. The highest BCUT2D eigenvalue weighted by Crippen LogP contribution is 2.23. The summed E-state index contributed by atoms with van der Waals surface area (Å²) >= 11 is 0. The van der Waals surface area contributed by atoms with E-state index >= 15 is 0 Å². The van der Waals surface area contributed by atoms with Crippen molar-refractivity contribution in [3.8, 4) is 6.07 Å². The number of carbonyl (C=O) groups excluding carboxylic acids is 1. The number of hydrogen-bond acceptors (Lipinski definition) is 3. The molecule has 4 nitrogen and oxygen atoms in total. The van der Waals surface area contributed by atoms with Gasteiger partial charge in [0.25, 0.3) is 5.91 Å². The first kappa shape index (κ1) is 14.4. The second-order valence-corrected chi connectivity index (χ2v) is 5.28. The van der Waals surface area contributed by atoms with Crippen LogP contribution in [-0.4, -0.2) is 30.4 Å². The minimum Gasteiger partial charge on any atom is -0.385 e. The smallest absolute Gasteiger partial charge is 0.253 e. The van der Waals surface area contributed by atoms with E-state index in [0.29, 0.717) is 13.1 Å². The van der Waals surface area contributed by atoms with Gasteiger partial charge in [0, 0.05) is 30.9 Å². The quantitative estimate of drug-likeness (QED) is 0.916. The van der Waals surface area contributed by atoms with Gasteiger partial charge < -0.3 is 10.2 Å². The van der Waals surface area contributed by atoms with Crippen LogP contribution in [0.4, 0.5) is 5.69 Å². The maximum Gasteiger partial charge on any atom is 0.253 e. The van der Waals surface area contributed by atoms with E-state index < -0.39 is 0 Å². The molecule has 1 amide bonds. The van der Waals surface area contributed by atoms with Crippen LogP contribution < -0.4 is 5.32 Å². The molecule has 2 rings (SSSR count). The number of carbonyl (C=O) groups is 1. The molecule has 1 N–H and O–H groups in total. The lowest BCUT2D eigenvalue weighted by atomic mass is 10.00. The molecule has 1 aliphatic heterocycles. The molecule has 106 valence electrons. The Labute approximate surface area is 120 Å². The standard InChI is InChI=1S/C16H21N3O/c1-3-19(11-12(2)10-17)16(20)14-6-7-15-13(9-14)5-4-8-18-15/h6-7,9,12,18H,3-5,8,11H2,1-2H3. The molecule has 0 aliphatic carbocycles. The lowest BCUT2D eigenvalue weighted by Gasteiger charge is -2.23. The monoisotopic (exact) mass is 271 g/mol. The fourth-order valence-electron chi connectivity index (χ4n) is 2.52. The van der Waals surface area contributed by atoms with Crippen molar-refractivity contribution in [3.63, 3.8) is 0 Å². The summed E-state index contributed by atoms with van der Waals surface area (Å²) in [5, 5.41) is 12.2. The van der Waals surface area contributed by atoms with Gasteiger partial charge in [-0.3, -0.25) is 4.79 Å². The van der Waals surface area contributed by atoms with E-state index in [9.17, 15) is 4.79 Å². The van der Waals surface area contributed by atoms with Crippen LogP contribution in [0.5, 0.6) is 0 Å². The number of aryl methyl sites for hydroxylation is 1. The number of fused-ring (bicyclic) bond motifs is 1. The van der Waals surface area contributed by atoms with Gasteiger partial charge in [-0.15, -0.1) is 0 Å². The molecule has 0 saturated carbocycles. The van der Waals surface area contributed by atoms with Crippen LogP contribution in [0.2, 0.25) is 0 Å². The maximum atomic E-state index is 12.5. The highest BCUT2D eigenvalue weighted by molar-refractivity contribution is 5.95. The summed E-state index contributed by atoms with van der Waals surface area (Å²) in [6.07, 6.45) is 2.12. The van der Waals surface area contributed by atoms with Crippen molar-refractivity contribution in [1.29, 1.82) is 5.26 Å². The van der Waals surface area contributed by atoms with Gasteiger partial charge in [0.1, 0.15) is 0 Å². The zero-order chi connectivity index (χ0) is 14.5. The Balaban J connectivity index is 2.17. The first-order valence-electron chi connectivity index (χ1n) is 7.21. The van der Waals surface area contributed by atoms with Crippen LogP contribution in [0.3, 0.4) is 0 Å². The molecule has 1 atom stereocenters. The molecular formula is C16H21N3O. The second-order valence-electron chi connectivity index (χ2n) is 5.28. The zero-order valence-electron chi connectivity index (χ0n) is 12.1. The van der Waals surface area contributed by atoms with Gasteiger partial charge >= 0.3 is 0 Å². The zero-order valence-corrected chi connectivity index (χ0v) is 12.1. The Morgan fingerprint density at radius 1 is 1.55 bits per heavy atom. The fraction of sp³-hybridized carbons (Fsp3) is 0.500. The summed E-state index contributed by atoms with van der Waals surface area (Å²) in [7, 11) is 0. The Bertz CT molecular complexity index is 533. The summed E-state index contributed by atoms with van der Waals surface area (Å²) in [5.74, 6) is -0.124. The highest BCUT2D eigenvalue weighted by atomic mass is 16.2. The predicted molar refractivity (Wildman–Crippen MR) is 79.6 cm³/mol. The van der Waals surface area contributed by atoms with Crippen LogP contribution in [-0.2, 0) is 6.42 Å². The van der Waals surface area contributed by atoms with Crippen molar-refractivity contribution < 1.29 is 4.79 Å². The molecule has 1 aromatic rings. The van der Waals surface area contributed by atoms with E-state index in [2.05, 4.69) is 11.4 Å². The van der Waals surface area contributed by atoms with Gasteiger partial charge in [0.05, 0.1) is 12.0 Å². The van der Waals surface area contributed by atoms with E-state index in [0.717, 1.165) is 30.6 Å². The van der Waals surface area contributed by atoms with Crippen molar-refractivity contribution in [1.82, 2.24) is 4.90 Å². The third-order valence-electron chi connectivity index (χ3n) is 3.67. The van der Waals surface area contributed by atoms with Crippen LogP contribution in [0, 0.1) is 17.2 Å². The number of anilines is 1. The minimum atomic E-state index is -0.141. The van der Waals surface area contributed by atoms with E-state index in [-0.39, 0.29) is 11.8 Å². The second kappa shape index (κ2) is 6.42. The van der Waals surface area contributed by atoms with Gasteiger partial charge in [-0.1, -0.05) is 0 Å². The van der Waals surface area contributed by atoms with Gasteiger partial charge in [-0.2, -0.15) is 5.26 Å². The van der Waals surface area contributed by atoms with Gasteiger partial charge in [-0.25, -0.2) is 0 Å². The Kier molecular flexibility index (Phi) is 4.62. The van der Waals surface area contributed by atoms with Gasteiger partial charge in [0.2, 0.25) is 0 Å². The number of amides is 1. The minimum absolute atomic E-state index is 0.0166. The molecular weight excluding hydrogens is 250 g/mol. The SMILES string of the molecule is CCN(CC(C)C#N)C(=O)c1ccc2c(c1)CCCN2. The Hall–Kier alpha value is -2.02. The number of nitrogens with one attached hydrogen (secondary N) is 1. The predicted octanol–water partition coefficient (Wildman–Crippen LogP) is 2.67. The van der Waals surface area contributed by atoms with Crippen molar-refractivity contribution in [2.45, 2.75) is 26.7 Å². The number of nitrogens with zero attached hydrogens (tertiary/aromatic N) is 2. The molecule has 0 saturated heterocycles. The van der Waals surface area contributed by atoms with Crippen molar-refractivity contribution in [3.05, 3.63) is 29.3 Å². The average molecular weight is 271 g/mol. The third kappa shape index (κ3) is 3.11. The average Bonchev–Trinajstić information content (AvgIpc) is 2.51. The molecule has 1 unspecified atom stereocenters. The maximum absolute atomic E-state index is 12.5. The molecule has 20 heavy (non-hydrogen) atoms. The fourth-order valence-corrected chi connectivity index (χ4v) is 2.52. The first-order valence-corrected chi connectivity index (χ1v) is 7.21. The summed E-state index contributed by atoms with van der Waals surface area (Å²) in [6.45, 7) is 5.90. The van der Waals surface area contributed by atoms with E-state index in [1.165, 1.54) is 5.56 Å². The van der Waals surface area contributed by atoms with Crippen LogP contribution in [0.25, 0.3) is 0 Å². The lowest BCUT2D eigenvalue weighted by molar-refractivity contribution is 0.0752. The molecule has 0 fully saturated rings. The molecule has 0 bridgehead atoms. The van der Waals surface area contributed by atoms with Crippen molar-refractivity contribution >= 4 is 11.6 Å². The molecule has 4 heteroatoms. The first-order chi connectivity index (χ1) is 9.65. The lowest BCUT2D eigenvalue weighted by Crippen LogP contribution is -2.34.